The van der Waals surface area contributed by atoms with E-state index in [1.807, 2.05) is 4.90 Å². The van der Waals surface area contributed by atoms with E-state index in [2.05, 4.69) is 15.0 Å². The minimum Gasteiger partial charge on any atom is -0.465 e. The first-order valence-electron chi connectivity index (χ1n) is 7.19. The number of anilines is 1. The van der Waals surface area contributed by atoms with Crippen molar-refractivity contribution < 1.29 is 14.3 Å². The molecule has 1 aromatic heterocycles. The molecule has 114 valence electrons. The number of hydrogen-bond acceptors (Lipinski definition) is 5. The molecule has 0 unspecified atom stereocenters. The summed E-state index contributed by atoms with van der Waals surface area (Å²) in [5, 5.41) is 3.01. The molecule has 21 heavy (non-hydrogen) atoms. The maximum atomic E-state index is 12.0. The van der Waals surface area contributed by atoms with E-state index in [9.17, 15) is 9.59 Å². The average Bonchev–Trinajstić information content (AvgIpc) is 2.52. The summed E-state index contributed by atoms with van der Waals surface area (Å²) in [5.74, 6) is 0.271. The number of piperidine rings is 1. The van der Waals surface area contributed by atoms with Gasteiger partial charge in [-0.3, -0.25) is 4.79 Å². The molecule has 1 aliphatic rings. The molecule has 0 radical (unpaired) electrons. The molecule has 0 saturated carbocycles. The van der Waals surface area contributed by atoms with Crippen LogP contribution < -0.4 is 5.32 Å². The van der Waals surface area contributed by atoms with Gasteiger partial charge in [-0.15, -0.1) is 0 Å². The Morgan fingerprint density at radius 3 is 2.62 bits per heavy atom. The largest absolute Gasteiger partial charge is 0.465 e. The highest BCUT2D eigenvalue weighted by atomic mass is 16.5. The zero-order valence-electron chi connectivity index (χ0n) is 12.5. The molecule has 0 spiro atoms. The van der Waals surface area contributed by atoms with Crippen LogP contribution in [-0.2, 0) is 9.53 Å². The van der Waals surface area contributed by atoms with Crippen molar-refractivity contribution in [2.75, 3.05) is 32.1 Å². The Morgan fingerprint density at radius 2 is 2.00 bits per heavy atom. The highest BCUT2D eigenvalue weighted by molar-refractivity contribution is 5.90. The van der Waals surface area contributed by atoms with Gasteiger partial charge in [-0.05, 0) is 38.3 Å². The Balaban J connectivity index is 1.92. The number of amides is 1. The number of nitrogens with one attached hydrogen (secondary N) is 1. The molecular formula is C15H21N3O3. The van der Waals surface area contributed by atoms with Crippen LogP contribution in [0.2, 0.25) is 0 Å². The van der Waals surface area contributed by atoms with Crippen molar-refractivity contribution in [2.45, 2.75) is 26.2 Å². The summed E-state index contributed by atoms with van der Waals surface area (Å²) in [4.78, 5) is 29.7. The summed E-state index contributed by atoms with van der Waals surface area (Å²) in [7, 11) is 1.34. The molecule has 0 atom stereocenters. The fourth-order valence-corrected chi connectivity index (χ4v) is 2.41. The minimum atomic E-state index is -0.407. The number of esters is 1. The number of carbonyl (C=O) groups excluding carboxylic acids is 2. The zero-order chi connectivity index (χ0) is 15.2. The first kappa shape index (κ1) is 15.3. The Bertz CT molecular complexity index is 525. The number of aromatic nitrogens is 1. The van der Waals surface area contributed by atoms with Gasteiger partial charge in [0.05, 0.1) is 24.9 Å². The number of likely N-dealkylation sites (tertiary alicyclic amines) is 1. The molecule has 1 aromatic rings. The summed E-state index contributed by atoms with van der Waals surface area (Å²) in [6.07, 6.45) is 3.36. The van der Waals surface area contributed by atoms with Crippen molar-refractivity contribution in [3.05, 3.63) is 23.4 Å². The number of methoxy groups -OCH3 is 1. The molecule has 1 aliphatic heterocycles. The molecule has 1 fully saturated rings. The third-order valence-corrected chi connectivity index (χ3v) is 3.62. The number of ether oxygens (including phenoxy) is 1. The van der Waals surface area contributed by atoms with E-state index in [1.165, 1.54) is 13.5 Å². The van der Waals surface area contributed by atoms with Crippen LogP contribution in [-0.4, -0.2) is 48.5 Å². The summed E-state index contributed by atoms with van der Waals surface area (Å²) in [6.45, 7) is 3.65. The van der Waals surface area contributed by atoms with E-state index in [0.29, 0.717) is 17.1 Å². The number of nitrogens with zero attached hydrogens (tertiary/aromatic N) is 2. The van der Waals surface area contributed by atoms with Gasteiger partial charge in [0.1, 0.15) is 5.82 Å². The number of pyridine rings is 1. The van der Waals surface area contributed by atoms with E-state index >= 15 is 0 Å². The monoisotopic (exact) mass is 291 g/mol. The highest BCUT2D eigenvalue weighted by Crippen LogP contribution is 2.12. The second-order valence-corrected chi connectivity index (χ2v) is 5.12. The van der Waals surface area contributed by atoms with E-state index in [0.717, 1.165) is 25.9 Å². The zero-order valence-corrected chi connectivity index (χ0v) is 12.5. The van der Waals surface area contributed by atoms with Crippen molar-refractivity contribution in [1.29, 1.82) is 0 Å². The van der Waals surface area contributed by atoms with Gasteiger partial charge in [0.25, 0.3) is 0 Å². The molecule has 0 aromatic carbocycles. The quantitative estimate of drug-likeness (QED) is 0.853. The molecule has 6 heteroatoms. The lowest BCUT2D eigenvalue weighted by Gasteiger charge is -2.26. The summed E-state index contributed by atoms with van der Waals surface area (Å²) < 4.78 is 4.67. The molecule has 2 rings (SSSR count). The standard InChI is InChI=1S/C15H21N3O3/c1-11-12(15(20)21-2)6-7-13(17-11)16-10-14(19)18-8-4-3-5-9-18/h6-7H,3-5,8-10H2,1-2H3,(H,16,17). The van der Waals surface area contributed by atoms with Crippen molar-refractivity contribution in [1.82, 2.24) is 9.88 Å². The third kappa shape index (κ3) is 3.93. The van der Waals surface area contributed by atoms with Crippen molar-refractivity contribution in [2.24, 2.45) is 0 Å². The average molecular weight is 291 g/mol. The second kappa shape index (κ2) is 7.06. The van der Waals surface area contributed by atoms with Crippen LogP contribution in [0.5, 0.6) is 0 Å². The van der Waals surface area contributed by atoms with Crippen LogP contribution in [0.15, 0.2) is 12.1 Å². The van der Waals surface area contributed by atoms with E-state index in [1.54, 1.807) is 19.1 Å². The number of rotatable bonds is 4. The fraction of sp³-hybridized carbons (Fsp3) is 0.533. The summed E-state index contributed by atoms with van der Waals surface area (Å²) >= 11 is 0. The van der Waals surface area contributed by atoms with Crippen molar-refractivity contribution in [3.63, 3.8) is 0 Å². The van der Waals surface area contributed by atoms with Gasteiger partial charge in [0, 0.05) is 13.1 Å². The highest BCUT2D eigenvalue weighted by Gasteiger charge is 2.16. The van der Waals surface area contributed by atoms with Crippen LogP contribution in [0.25, 0.3) is 0 Å². The lowest BCUT2D eigenvalue weighted by Crippen LogP contribution is -2.39. The summed E-state index contributed by atoms with van der Waals surface area (Å²) in [6, 6.07) is 3.34. The Labute approximate surface area is 124 Å². The van der Waals surface area contributed by atoms with Gasteiger partial charge >= 0.3 is 5.97 Å². The Kier molecular flexibility index (Phi) is 5.14. The van der Waals surface area contributed by atoms with Crippen molar-refractivity contribution >= 4 is 17.7 Å². The molecule has 6 nitrogen and oxygen atoms in total. The molecule has 1 saturated heterocycles. The van der Waals surface area contributed by atoms with Crippen LogP contribution in [0.1, 0.15) is 35.3 Å². The minimum absolute atomic E-state index is 0.0891. The molecule has 0 bridgehead atoms. The van der Waals surface area contributed by atoms with Crippen molar-refractivity contribution in [3.8, 4) is 0 Å². The van der Waals surface area contributed by atoms with Crippen LogP contribution in [0.4, 0.5) is 5.82 Å². The number of carbonyl (C=O) groups is 2. The fourth-order valence-electron chi connectivity index (χ4n) is 2.41. The Hall–Kier alpha value is -2.11. The van der Waals surface area contributed by atoms with Crippen LogP contribution in [0, 0.1) is 6.92 Å². The van der Waals surface area contributed by atoms with Crippen LogP contribution in [0.3, 0.4) is 0 Å². The van der Waals surface area contributed by atoms with Gasteiger partial charge in [-0.2, -0.15) is 0 Å². The smallest absolute Gasteiger partial charge is 0.339 e. The first-order chi connectivity index (χ1) is 10.1. The third-order valence-electron chi connectivity index (χ3n) is 3.62. The molecular weight excluding hydrogens is 270 g/mol. The summed E-state index contributed by atoms with van der Waals surface area (Å²) in [5.41, 5.74) is 1.02. The normalized spacial score (nSPS) is 14.7. The molecule has 1 amide bonds. The maximum Gasteiger partial charge on any atom is 0.339 e. The lowest BCUT2D eigenvalue weighted by molar-refractivity contribution is -0.130. The lowest BCUT2D eigenvalue weighted by atomic mass is 10.1. The van der Waals surface area contributed by atoms with E-state index < -0.39 is 5.97 Å². The van der Waals surface area contributed by atoms with Gasteiger partial charge in [-0.1, -0.05) is 0 Å². The first-order valence-corrected chi connectivity index (χ1v) is 7.19. The van der Waals surface area contributed by atoms with Crippen LogP contribution >= 0.6 is 0 Å². The van der Waals surface area contributed by atoms with Gasteiger partial charge in [-0.25, -0.2) is 9.78 Å². The van der Waals surface area contributed by atoms with Gasteiger partial charge < -0.3 is 15.0 Å². The van der Waals surface area contributed by atoms with Gasteiger partial charge in [0.15, 0.2) is 0 Å². The second-order valence-electron chi connectivity index (χ2n) is 5.12. The molecule has 0 aliphatic carbocycles. The van der Waals surface area contributed by atoms with E-state index in [4.69, 9.17) is 0 Å². The Morgan fingerprint density at radius 1 is 1.29 bits per heavy atom. The number of aryl methyl sites for hydroxylation is 1. The predicted octanol–water partition coefficient (Wildman–Crippen LogP) is 1.60. The van der Waals surface area contributed by atoms with E-state index in [-0.39, 0.29) is 12.5 Å². The molecule has 1 N–H and O–H groups in total. The van der Waals surface area contributed by atoms with Gasteiger partial charge in [0.2, 0.25) is 5.91 Å². The predicted molar refractivity (Wildman–Crippen MR) is 79.2 cm³/mol. The SMILES string of the molecule is COC(=O)c1ccc(NCC(=O)N2CCCCC2)nc1C. The molecule has 2 heterocycles. The topological polar surface area (TPSA) is 71.5 Å². The number of hydrogen-bond donors (Lipinski definition) is 1. The maximum absolute atomic E-state index is 12.0.